The Labute approximate surface area is 198 Å². The van der Waals surface area contributed by atoms with E-state index in [1.807, 2.05) is 35.9 Å². The summed E-state index contributed by atoms with van der Waals surface area (Å²) in [6.45, 7) is 6.83. The smallest absolute Gasteiger partial charge is 0.263 e. The summed E-state index contributed by atoms with van der Waals surface area (Å²) in [6, 6.07) is 7.14. The zero-order valence-corrected chi connectivity index (χ0v) is 20.6. The number of carbonyl (C=O) groups excluding carboxylic acids is 1. The highest BCUT2D eigenvalue weighted by atomic mass is 32.2. The maximum absolute atomic E-state index is 13.2. The second-order valence-corrected chi connectivity index (χ2v) is 10.5. The van der Waals surface area contributed by atoms with E-state index in [1.165, 1.54) is 0 Å². The maximum Gasteiger partial charge on any atom is 0.263 e. The van der Waals surface area contributed by atoms with Gasteiger partial charge in [-0.05, 0) is 38.0 Å². The van der Waals surface area contributed by atoms with Crippen LogP contribution in [0.5, 0.6) is 0 Å². The van der Waals surface area contributed by atoms with Crippen LogP contribution in [0.15, 0.2) is 39.6 Å². The molecule has 32 heavy (non-hydrogen) atoms. The Bertz CT molecular complexity index is 1340. The average molecular weight is 485 g/mol. The molecule has 3 heterocycles. The van der Waals surface area contributed by atoms with Crippen molar-refractivity contribution in [3.8, 4) is 10.6 Å². The lowest BCUT2D eigenvalue weighted by Gasteiger charge is -2.11. The summed E-state index contributed by atoms with van der Waals surface area (Å²) in [5.74, 6) is 0.186. The van der Waals surface area contributed by atoms with Crippen molar-refractivity contribution in [2.75, 3.05) is 0 Å². The van der Waals surface area contributed by atoms with E-state index in [0.29, 0.717) is 17.9 Å². The first-order valence-electron chi connectivity index (χ1n) is 10.4. The predicted octanol–water partition coefficient (Wildman–Crippen LogP) is 5.39. The number of aryl methyl sites for hydroxylation is 2. The van der Waals surface area contributed by atoms with Crippen LogP contribution < -0.4 is 11.3 Å². The molecule has 9 heteroatoms. The van der Waals surface area contributed by atoms with E-state index in [9.17, 15) is 9.59 Å². The minimum Gasteiger partial charge on any atom is -0.366 e. The number of benzene rings is 1. The second-order valence-electron chi connectivity index (χ2n) is 7.54. The fourth-order valence-corrected chi connectivity index (χ4v) is 6.27. The normalized spacial score (nSPS) is 11.3. The van der Waals surface area contributed by atoms with Gasteiger partial charge in [-0.15, -0.1) is 22.7 Å². The van der Waals surface area contributed by atoms with Crippen molar-refractivity contribution >= 4 is 50.6 Å². The third-order valence-corrected chi connectivity index (χ3v) is 8.36. The monoisotopic (exact) mass is 484 g/mol. The van der Waals surface area contributed by atoms with Gasteiger partial charge in [0.2, 0.25) is 5.91 Å². The minimum absolute atomic E-state index is 0.0568. The summed E-state index contributed by atoms with van der Waals surface area (Å²) in [5, 5.41) is 4.41. The molecule has 0 radical (unpaired) electrons. The molecule has 0 bridgehead atoms. The zero-order chi connectivity index (χ0) is 22.8. The quantitative estimate of drug-likeness (QED) is 0.267. The highest BCUT2D eigenvalue weighted by Crippen LogP contribution is 2.31. The number of unbranched alkanes of at least 4 members (excludes halogenated alkanes) is 1. The van der Waals surface area contributed by atoms with Crippen molar-refractivity contribution in [1.29, 1.82) is 0 Å². The Morgan fingerprint density at radius 3 is 2.62 bits per heavy atom. The van der Waals surface area contributed by atoms with Gasteiger partial charge in [0.25, 0.3) is 5.56 Å². The number of thioether (sulfide) groups is 1. The van der Waals surface area contributed by atoms with Crippen LogP contribution in [0.25, 0.3) is 20.8 Å². The molecule has 1 aromatic carbocycles. The van der Waals surface area contributed by atoms with E-state index in [1.54, 1.807) is 46.6 Å². The number of fused-ring (bicyclic) bond motifs is 1. The molecule has 0 saturated heterocycles. The standard InChI is InChI=1S/C23H24N4O2S3/c1-4-5-10-27-22(29)18-13(2)14(3)32-21(18)26-23(27)31-12-17-11-30-20(25-17)16-8-6-15(7-9-16)19(24)28/h6-9,11H,4-5,10,12H2,1-3H3,(H2,24,28). The molecule has 166 valence electrons. The molecule has 1 amide bonds. The van der Waals surface area contributed by atoms with E-state index in [-0.39, 0.29) is 5.56 Å². The lowest BCUT2D eigenvalue weighted by Crippen LogP contribution is -2.23. The largest absolute Gasteiger partial charge is 0.366 e. The van der Waals surface area contributed by atoms with Crippen molar-refractivity contribution in [1.82, 2.24) is 14.5 Å². The molecule has 0 aliphatic heterocycles. The molecule has 0 aliphatic carbocycles. The van der Waals surface area contributed by atoms with E-state index >= 15 is 0 Å². The molecule has 4 aromatic rings. The molecule has 6 nitrogen and oxygen atoms in total. The van der Waals surface area contributed by atoms with Crippen LogP contribution in [-0.2, 0) is 12.3 Å². The fourth-order valence-electron chi connectivity index (χ4n) is 3.35. The first kappa shape index (κ1) is 22.7. The van der Waals surface area contributed by atoms with Crippen LogP contribution in [-0.4, -0.2) is 20.4 Å². The number of nitrogens with two attached hydrogens (primary N) is 1. The van der Waals surface area contributed by atoms with Gasteiger partial charge in [-0.3, -0.25) is 14.2 Å². The summed E-state index contributed by atoms with van der Waals surface area (Å²) in [5.41, 5.74) is 8.77. The van der Waals surface area contributed by atoms with E-state index in [4.69, 9.17) is 15.7 Å². The third-order valence-electron chi connectivity index (χ3n) is 5.31. The van der Waals surface area contributed by atoms with Gasteiger partial charge < -0.3 is 5.73 Å². The number of thiazole rings is 1. The van der Waals surface area contributed by atoms with Crippen LogP contribution in [0, 0.1) is 13.8 Å². The van der Waals surface area contributed by atoms with Crippen LogP contribution in [0.3, 0.4) is 0 Å². The molecule has 0 saturated carbocycles. The molecular formula is C23H24N4O2S3. The Kier molecular flexibility index (Phi) is 6.78. The van der Waals surface area contributed by atoms with Crippen molar-refractivity contribution in [2.24, 2.45) is 5.73 Å². The van der Waals surface area contributed by atoms with Crippen molar-refractivity contribution < 1.29 is 4.79 Å². The highest BCUT2D eigenvalue weighted by Gasteiger charge is 2.17. The molecule has 0 unspecified atom stereocenters. The van der Waals surface area contributed by atoms with Gasteiger partial charge in [-0.25, -0.2) is 9.97 Å². The van der Waals surface area contributed by atoms with Gasteiger partial charge >= 0.3 is 0 Å². The number of thiophene rings is 1. The number of amides is 1. The van der Waals surface area contributed by atoms with Crippen molar-refractivity contribution in [3.05, 3.63) is 61.7 Å². The van der Waals surface area contributed by atoms with Crippen LogP contribution >= 0.6 is 34.4 Å². The van der Waals surface area contributed by atoms with Gasteiger partial charge in [-0.1, -0.05) is 37.2 Å². The minimum atomic E-state index is -0.442. The van der Waals surface area contributed by atoms with Gasteiger partial charge in [0, 0.05) is 33.7 Å². The van der Waals surface area contributed by atoms with E-state index in [0.717, 1.165) is 54.9 Å². The Hall–Kier alpha value is -2.49. The maximum atomic E-state index is 13.2. The predicted molar refractivity (Wildman–Crippen MR) is 134 cm³/mol. The number of nitrogens with zero attached hydrogens (tertiary/aromatic N) is 3. The Morgan fingerprint density at radius 2 is 1.94 bits per heavy atom. The van der Waals surface area contributed by atoms with E-state index < -0.39 is 5.91 Å². The molecule has 3 aromatic heterocycles. The van der Waals surface area contributed by atoms with Crippen LogP contribution in [0.1, 0.15) is 46.3 Å². The van der Waals surface area contributed by atoms with Crippen molar-refractivity contribution in [2.45, 2.75) is 51.1 Å². The second kappa shape index (κ2) is 9.56. The fraction of sp³-hybridized carbons (Fsp3) is 0.304. The Morgan fingerprint density at radius 1 is 1.19 bits per heavy atom. The lowest BCUT2D eigenvalue weighted by molar-refractivity contribution is 0.100. The number of carbonyl (C=O) groups is 1. The molecule has 0 spiro atoms. The molecule has 2 N–H and O–H groups in total. The van der Waals surface area contributed by atoms with Crippen LogP contribution in [0.4, 0.5) is 0 Å². The summed E-state index contributed by atoms with van der Waals surface area (Å²) in [4.78, 5) is 36.0. The SMILES string of the molecule is CCCCn1c(SCc2csc(-c3ccc(C(N)=O)cc3)n2)nc2sc(C)c(C)c2c1=O. The topological polar surface area (TPSA) is 90.9 Å². The first-order chi connectivity index (χ1) is 15.4. The first-order valence-corrected chi connectivity index (χ1v) is 13.0. The van der Waals surface area contributed by atoms with Gasteiger partial charge in [0.1, 0.15) is 9.84 Å². The Balaban J connectivity index is 1.59. The lowest BCUT2D eigenvalue weighted by atomic mass is 10.1. The summed E-state index contributed by atoms with van der Waals surface area (Å²) in [6.07, 6.45) is 1.95. The molecule has 0 fully saturated rings. The highest BCUT2D eigenvalue weighted by molar-refractivity contribution is 7.98. The average Bonchev–Trinajstić information content (AvgIpc) is 3.36. The number of hydrogen-bond donors (Lipinski definition) is 1. The van der Waals surface area contributed by atoms with Gasteiger partial charge in [0.05, 0.1) is 11.1 Å². The summed E-state index contributed by atoms with van der Waals surface area (Å²) < 4.78 is 1.82. The molecule has 0 aliphatic rings. The number of rotatable bonds is 8. The zero-order valence-electron chi connectivity index (χ0n) is 18.2. The number of primary amides is 1. The molecular weight excluding hydrogens is 460 g/mol. The van der Waals surface area contributed by atoms with Crippen LogP contribution in [0.2, 0.25) is 0 Å². The van der Waals surface area contributed by atoms with Crippen molar-refractivity contribution in [3.63, 3.8) is 0 Å². The summed E-state index contributed by atoms with van der Waals surface area (Å²) in [7, 11) is 0. The summed E-state index contributed by atoms with van der Waals surface area (Å²) >= 11 is 4.69. The van der Waals surface area contributed by atoms with Gasteiger partial charge in [0.15, 0.2) is 5.16 Å². The number of aromatic nitrogens is 3. The number of hydrogen-bond acceptors (Lipinski definition) is 7. The van der Waals surface area contributed by atoms with E-state index in [2.05, 4.69) is 6.92 Å². The molecule has 0 atom stereocenters. The molecule has 4 rings (SSSR count). The third kappa shape index (κ3) is 4.51. The van der Waals surface area contributed by atoms with Gasteiger partial charge in [-0.2, -0.15) is 0 Å².